The van der Waals surface area contributed by atoms with E-state index >= 15 is 0 Å². The van der Waals surface area contributed by atoms with Crippen molar-refractivity contribution in [2.45, 2.75) is 26.4 Å². The van der Waals surface area contributed by atoms with Gasteiger partial charge in [0.25, 0.3) is 5.91 Å². The molecule has 2 aromatic rings. The number of rotatable bonds is 6. The lowest BCUT2D eigenvalue weighted by molar-refractivity contribution is -0.135. The molecule has 1 heterocycles. The van der Waals surface area contributed by atoms with Gasteiger partial charge >= 0.3 is 0 Å². The molecule has 1 aromatic heterocycles. The summed E-state index contributed by atoms with van der Waals surface area (Å²) in [6.07, 6.45) is 1.97. The Labute approximate surface area is 136 Å². The second-order valence-electron chi connectivity index (χ2n) is 5.47. The van der Waals surface area contributed by atoms with Crippen molar-refractivity contribution in [3.05, 3.63) is 53.3 Å². The number of amides is 1. The minimum atomic E-state index is -0.0360. The van der Waals surface area contributed by atoms with Crippen LogP contribution in [0.15, 0.2) is 42.6 Å². The highest BCUT2D eigenvalue weighted by Crippen LogP contribution is 2.16. The molecule has 0 fully saturated rings. The van der Waals surface area contributed by atoms with Crippen LogP contribution in [0.5, 0.6) is 5.75 Å². The number of aromatic nitrogens is 1. The summed E-state index contributed by atoms with van der Waals surface area (Å²) in [5.74, 6) is 0.603. The molecule has 22 heavy (non-hydrogen) atoms. The molecule has 1 aromatic carbocycles. The fourth-order valence-electron chi connectivity index (χ4n) is 2.15. The molecule has 118 valence electrons. The summed E-state index contributed by atoms with van der Waals surface area (Å²) in [5.41, 5.74) is 1.09. The van der Waals surface area contributed by atoms with Gasteiger partial charge < -0.3 is 14.2 Å². The van der Waals surface area contributed by atoms with Crippen molar-refractivity contribution >= 4 is 17.5 Å². The normalized spacial score (nSPS) is 10.8. The van der Waals surface area contributed by atoms with Crippen molar-refractivity contribution in [1.82, 2.24) is 9.47 Å². The van der Waals surface area contributed by atoms with Gasteiger partial charge in [0, 0.05) is 30.0 Å². The summed E-state index contributed by atoms with van der Waals surface area (Å²) in [4.78, 5) is 14.2. The topological polar surface area (TPSA) is 34.5 Å². The van der Waals surface area contributed by atoms with Crippen LogP contribution in [0.25, 0.3) is 0 Å². The molecule has 2 rings (SSSR count). The van der Waals surface area contributed by atoms with E-state index in [1.807, 2.05) is 48.7 Å². The summed E-state index contributed by atoms with van der Waals surface area (Å²) < 4.78 is 7.56. The fourth-order valence-corrected chi connectivity index (χ4v) is 2.28. The first-order valence-corrected chi connectivity index (χ1v) is 7.63. The Hall–Kier alpha value is -1.94. The van der Waals surface area contributed by atoms with Gasteiger partial charge in [0.2, 0.25) is 0 Å². The SMILES string of the molecule is CC(C)N(Cc1cccn1C)C(=O)COc1ccc(Cl)cc1. The molecule has 4 nitrogen and oxygen atoms in total. The Bertz CT molecular complexity index is 620. The minimum absolute atomic E-state index is 0.0181. The van der Waals surface area contributed by atoms with Crippen LogP contribution in [-0.4, -0.2) is 28.0 Å². The second kappa shape index (κ2) is 7.36. The molecule has 0 aliphatic heterocycles. The maximum absolute atomic E-state index is 12.4. The molecule has 0 bridgehead atoms. The van der Waals surface area contributed by atoms with Crippen LogP contribution in [0, 0.1) is 0 Å². The summed E-state index contributed by atoms with van der Waals surface area (Å²) >= 11 is 5.83. The zero-order valence-electron chi connectivity index (χ0n) is 13.1. The zero-order chi connectivity index (χ0) is 16.1. The smallest absolute Gasteiger partial charge is 0.261 e. The average molecular weight is 321 g/mol. The first kappa shape index (κ1) is 16.4. The van der Waals surface area contributed by atoms with Crippen molar-refractivity contribution in [2.24, 2.45) is 7.05 Å². The van der Waals surface area contributed by atoms with Gasteiger partial charge in [-0.05, 0) is 50.2 Å². The van der Waals surface area contributed by atoms with Gasteiger partial charge in [-0.3, -0.25) is 4.79 Å². The number of carbonyl (C=O) groups excluding carboxylic acids is 1. The van der Waals surface area contributed by atoms with E-state index in [9.17, 15) is 4.79 Å². The highest BCUT2D eigenvalue weighted by atomic mass is 35.5. The molecule has 1 amide bonds. The molecule has 0 aliphatic carbocycles. The van der Waals surface area contributed by atoms with E-state index in [4.69, 9.17) is 16.3 Å². The highest BCUT2D eigenvalue weighted by molar-refractivity contribution is 6.30. The fraction of sp³-hybridized carbons (Fsp3) is 0.353. The number of aryl methyl sites for hydroxylation is 1. The molecule has 0 saturated heterocycles. The number of carbonyl (C=O) groups is 1. The maximum Gasteiger partial charge on any atom is 0.261 e. The molecule has 0 N–H and O–H groups in total. The lowest BCUT2D eigenvalue weighted by Crippen LogP contribution is -2.39. The lowest BCUT2D eigenvalue weighted by Gasteiger charge is -2.27. The van der Waals surface area contributed by atoms with Gasteiger partial charge in [0.05, 0.1) is 6.54 Å². The molecule has 0 unspecified atom stereocenters. The first-order valence-electron chi connectivity index (χ1n) is 7.25. The van der Waals surface area contributed by atoms with E-state index in [1.54, 1.807) is 24.3 Å². The molecular weight excluding hydrogens is 300 g/mol. The van der Waals surface area contributed by atoms with E-state index < -0.39 is 0 Å². The third kappa shape index (κ3) is 4.28. The van der Waals surface area contributed by atoms with E-state index in [1.165, 1.54) is 0 Å². The van der Waals surface area contributed by atoms with Gasteiger partial charge in [-0.15, -0.1) is 0 Å². The Morgan fingerprint density at radius 3 is 2.50 bits per heavy atom. The van der Waals surface area contributed by atoms with Crippen LogP contribution >= 0.6 is 11.6 Å². The monoisotopic (exact) mass is 320 g/mol. The molecule has 0 radical (unpaired) electrons. The van der Waals surface area contributed by atoms with Crippen LogP contribution in [0.4, 0.5) is 0 Å². The van der Waals surface area contributed by atoms with E-state index in [2.05, 4.69) is 0 Å². The number of nitrogens with zero attached hydrogens (tertiary/aromatic N) is 2. The average Bonchev–Trinajstić information content (AvgIpc) is 2.88. The quantitative estimate of drug-likeness (QED) is 0.816. The number of halogens is 1. The van der Waals surface area contributed by atoms with Crippen molar-refractivity contribution in [2.75, 3.05) is 6.61 Å². The molecule has 0 spiro atoms. The number of hydrogen-bond acceptors (Lipinski definition) is 2. The summed E-state index contributed by atoms with van der Waals surface area (Å²) in [7, 11) is 1.97. The first-order chi connectivity index (χ1) is 10.5. The standard InChI is InChI=1S/C17H21ClN2O2/c1-13(2)20(11-15-5-4-10-19(15)3)17(21)12-22-16-8-6-14(18)7-9-16/h4-10,13H,11-12H2,1-3H3. The number of benzene rings is 1. The Morgan fingerprint density at radius 2 is 1.95 bits per heavy atom. The van der Waals surface area contributed by atoms with Gasteiger partial charge in [-0.2, -0.15) is 0 Å². The van der Waals surface area contributed by atoms with Crippen LogP contribution in [-0.2, 0) is 18.4 Å². The lowest BCUT2D eigenvalue weighted by atomic mass is 10.2. The van der Waals surface area contributed by atoms with Crippen molar-refractivity contribution < 1.29 is 9.53 Å². The van der Waals surface area contributed by atoms with E-state index in [0.29, 0.717) is 17.3 Å². The third-order valence-electron chi connectivity index (χ3n) is 3.50. The molecule has 0 atom stereocenters. The van der Waals surface area contributed by atoms with Crippen LogP contribution in [0.2, 0.25) is 5.02 Å². The maximum atomic E-state index is 12.4. The number of ether oxygens (including phenoxy) is 1. The van der Waals surface area contributed by atoms with Crippen molar-refractivity contribution in [1.29, 1.82) is 0 Å². The van der Waals surface area contributed by atoms with Crippen molar-refractivity contribution in [3.8, 4) is 5.75 Å². The van der Waals surface area contributed by atoms with Crippen LogP contribution in [0.1, 0.15) is 19.5 Å². The molecule has 0 saturated carbocycles. The molecule has 5 heteroatoms. The summed E-state index contributed by atoms with van der Waals surface area (Å²) in [5, 5.41) is 0.645. The molecule has 0 aliphatic rings. The Kier molecular flexibility index (Phi) is 5.50. The predicted molar refractivity (Wildman–Crippen MR) is 88.0 cm³/mol. The van der Waals surface area contributed by atoms with Gasteiger partial charge in [-0.25, -0.2) is 0 Å². The Morgan fingerprint density at radius 1 is 1.27 bits per heavy atom. The van der Waals surface area contributed by atoms with Gasteiger partial charge in [0.1, 0.15) is 5.75 Å². The largest absolute Gasteiger partial charge is 0.484 e. The summed E-state index contributed by atoms with van der Waals surface area (Å²) in [6, 6.07) is 11.1. The van der Waals surface area contributed by atoms with Crippen molar-refractivity contribution in [3.63, 3.8) is 0 Å². The van der Waals surface area contributed by atoms with Crippen LogP contribution in [0.3, 0.4) is 0 Å². The number of hydrogen-bond donors (Lipinski definition) is 0. The van der Waals surface area contributed by atoms with Gasteiger partial charge in [-0.1, -0.05) is 11.6 Å². The highest BCUT2D eigenvalue weighted by Gasteiger charge is 2.18. The third-order valence-corrected chi connectivity index (χ3v) is 3.76. The zero-order valence-corrected chi connectivity index (χ0v) is 13.9. The Balaban J connectivity index is 1.97. The van der Waals surface area contributed by atoms with Gasteiger partial charge in [0.15, 0.2) is 6.61 Å². The van der Waals surface area contributed by atoms with E-state index in [0.717, 1.165) is 5.69 Å². The molecular formula is C17H21ClN2O2. The van der Waals surface area contributed by atoms with Crippen LogP contribution < -0.4 is 4.74 Å². The predicted octanol–water partition coefficient (Wildman–Crippen LogP) is 3.49. The van der Waals surface area contributed by atoms with E-state index in [-0.39, 0.29) is 18.6 Å². The summed E-state index contributed by atoms with van der Waals surface area (Å²) in [6.45, 7) is 4.60. The second-order valence-corrected chi connectivity index (χ2v) is 5.90. The minimum Gasteiger partial charge on any atom is -0.484 e.